The number of Topliss-reactive ketones (excluding diaryl/α,β-unsaturated/α-hetero) is 1. The summed E-state index contributed by atoms with van der Waals surface area (Å²) in [7, 11) is 0. The third-order valence-corrected chi connectivity index (χ3v) is 4.01. The second kappa shape index (κ2) is 7.02. The van der Waals surface area contributed by atoms with E-state index in [-0.39, 0.29) is 18.1 Å². The van der Waals surface area contributed by atoms with Crippen molar-refractivity contribution in [2.75, 3.05) is 0 Å². The van der Waals surface area contributed by atoms with Crippen molar-refractivity contribution in [3.05, 3.63) is 34.9 Å². The summed E-state index contributed by atoms with van der Waals surface area (Å²) in [5, 5.41) is 8.79. The van der Waals surface area contributed by atoms with Crippen LogP contribution in [0.1, 0.15) is 67.4 Å². The molecule has 110 valence electrons. The molecule has 1 unspecified atom stereocenters. The van der Waals surface area contributed by atoms with Crippen LogP contribution in [0.25, 0.3) is 0 Å². The maximum absolute atomic E-state index is 12.4. The van der Waals surface area contributed by atoms with Gasteiger partial charge in [0, 0.05) is 5.56 Å². The lowest BCUT2D eigenvalue weighted by Gasteiger charge is -2.17. The summed E-state index contributed by atoms with van der Waals surface area (Å²) in [5.41, 5.74) is 2.79. The SMILES string of the molecule is CC(C)c1ccc(C(=O)C(Br)CC(=O)O)c(C(C)C)c1. The Labute approximate surface area is 128 Å². The number of carbonyl (C=O) groups is 2. The largest absolute Gasteiger partial charge is 0.481 e. The van der Waals surface area contributed by atoms with Crippen LogP contribution in [0, 0.1) is 0 Å². The van der Waals surface area contributed by atoms with Crippen LogP contribution in [0.2, 0.25) is 0 Å². The Kier molecular flexibility index (Phi) is 5.93. The quantitative estimate of drug-likeness (QED) is 0.618. The lowest BCUT2D eigenvalue weighted by molar-refractivity contribution is -0.136. The van der Waals surface area contributed by atoms with Crippen LogP contribution in [0.15, 0.2) is 18.2 Å². The molecular weight excluding hydrogens is 320 g/mol. The van der Waals surface area contributed by atoms with E-state index in [0.29, 0.717) is 11.5 Å². The lowest BCUT2D eigenvalue weighted by Crippen LogP contribution is -2.20. The van der Waals surface area contributed by atoms with Gasteiger partial charge < -0.3 is 5.11 Å². The van der Waals surface area contributed by atoms with Gasteiger partial charge in [0.1, 0.15) is 0 Å². The minimum Gasteiger partial charge on any atom is -0.481 e. The number of carboxylic acid groups (broad SMARTS) is 1. The Morgan fingerprint density at radius 2 is 1.75 bits per heavy atom. The fraction of sp³-hybridized carbons (Fsp3) is 0.500. The predicted octanol–water partition coefficient (Wildman–Crippen LogP) is 4.35. The Balaban J connectivity index is 3.17. The van der Waals surface area contributed by atoms with Crippen LogP contribution in [0.3, 0.4) is 0 Å². The maximum Gasteiger partial charge on any atom is 0.304 e. The van der Waals surface area contributed by atoms with Crippen molar-refractivity contribution >= 4 is 27.7 Å². The first-order chi connectivity index (χ1) is 9.23. The van der Waals surface area contributed by atoms with Gasteiger partial charge in [0.15, 0.2) is 5.78 Å². The molecule has 0 heterocycles. The first kappa shape index (κ1) is 16.9. The summed E-state index contributed by atoms with van der Waals surface area (Å²) < 4.78 is 0. The van der Waals surface area contributed by atoms with Crippen LogP contribution in [-0.4, -0.2) is 21.7 Å². The molecule has 1 rings (SSSR count). The van der Waals surface area contributed by atoms with E-state index in [4.69, 9.17) is 5.11 Å². The predicted molar refractivity (Wildman–Crippen MR) is 83.9 cm³/mol. The molecule has 0 aliphatic carbocycles. The van der Waals surface area contributed by atoms with Crippen molar-refractivity contribution in [2.24, 2.45) is 0 Å². The molecule has 3 nitrogen and oxygen atoms in total. The molecule has 1 aromatic rings. The van der Waals surface area contributed by atoms with Crippen LogP contribution >= 0.6 is 15.9 Å². The van der Waals surface area contributed by atoms with Crippen LogP contribution in [0.4, 0.5) is 0 Å². The van der Waals surface area contributed by atoms with E-state index < -0.39 is 10.8 Å². The molecule has 0 spiro atoms. The van der Waals surface area contributed by atoms with Gasteiger partial charge in [-0.1, -0.05) is 61.8 Å². The molecular formula is C16H21BrO3. The second-order valence-corrected chi connectivity index (χ2v) is 6.69. The van der Waals surface area contributed by atoms with Crippen LogP contribution < -0.4 is 0 Å². The first-order valence-electron chi connectivity index (χ1n) is 6.78. The highest BCUT2D eigenvalue weighted by atomic mass is 79.9. The molecule has 0 aliphatic rings. The van der Waals surface area contributed by atoms with Crippen molar-refractivity contribution in [1.82, 2.24) is 0 Å². The smallest absolute Gasteiger partial charge is 0.304 e. The lowest BCUT2D eigenvalue weighted by atomic mass is 9.89. The van der Waals surface area contributed by atoms with Gasteiger partial charge in [0.2, 0.25) is 0 Å². The monoisotopic (exact) mass is 340 g/mol. The van der Waals surface area contributed by atoms with Gasteiger partial charge in [-0.15, -0.1) is 0 Å². The van der Waals surface area contributed by atoms with E-state index in [1.807, 2.05) is 26.0 Å². The number of hydrogen-bond acceptors (Lipinski definition) is 2. The Hall–Kier alpha value is -1.16. The summed E-state index contributed by atoms with van der Waals surface area (Å²) in [6, 6.07) is 5.83. The van der Waals surface area contributed by atoms with E-state index in [2.05, 4.69) is 35.8 Å². The summed E-state index contributed by atoms with van der Waals surface area (Å²) in [6.07, 6.45) is -0.206. The van der Waals surface area contributed by atoms with E-state index in [0.717, 1.165) is 5.56 Å². The Morgan fingerprint density at radius 1 is 1.15 bits per heavy atom. The van der Waals surface area contributed by atoms with Gasteiger partial charge in [0.05, 0.1) is 11.2 Å². The number of alkyl halides is 1. The van der Waals surface area contributed by atoms with Gasteiger partial charge in [-0.3, -0.25) is 9.59 Å². The number of carbonyl (C=O) groups excluding carboxylic acids is 1. The summed E-state index contributed by atoms with van der Waals surface area (Å²) in [5.74, 6) is -0.524. The van der Waals surface area contributed by atoms with Gasteiger partial charge in [-0.25, -0.2) is 0 Å². The molecule has 0 aliphatic heterocycles. The maximum atomic E-state index is 12.4. The molecule has 0 saturated heterocycles. The zero-order chi connectivity index (χ0) is 15.4. The number of hydrogen-bond donors (Lipinski definition) is 1. The minimum atomic E-state index is -0.981. The molecule has 1 N–H and O–H groups in total. The van der Waals surface area contributed by atoms with Crippen molar-refractivity contribution in [3.63, 3.8) is 0 Å². The van der Waals surface area contributed by atoms with Crippen molar-refractivity contribution in [3.8, 4) is 0 Å². The van der Waals surface area contributed by atoms with E-state index >= 15 is 0 Å². The second-order valence-electron chi connectivity index (χ2n) is 5.59. The number of carboxylic acids is 1. The normalized spacial score (nSPS) is 12.8. The third-order valence-electron chi connectivity index (χ3n) is 3.27. The van der Waals surface area contributed by atoms with Gasteiger partial charge in [0.25, 0.3) is 0 Å². The first-order valence-corrected chi connectivity index (χ1v) is 7.69. The van der Waals surface area contributed by atoms with Crippen molar-refractivity contribution in [1.29, 1.82) is 0 Å². The summed E-state index contributed by atoms with van der Waals surface area (Å²) >= 11 is 3.18. The highest BCUT2D eigenvalue weighted by Crippen LogP contribution is 2.27. The fourth-order valence-electron chi connectivity index (χ4n) is 2.06. The molecule has 4 heteroatoms. The molecule has 1 atom stereocenters. The number of halogens is 1. The van der Waals surface area contributed by atoms with E-state index in [1.165, 1.54) is 5.56 Å². The summed E-state index contributed by atoms with van der Waals surface area (Å²) in [4.78, 5) is 22.4. The number of aliphatic carboxylic acids is 1. The Bertz CT molecular complexity index is 506. The summed E-state index contributed by atoms with van der Waals surface area (Å²) in [6.45, 7) is 8.30. The van der Waals surface area contributed by atoms with Crippen molar-refractivity contribution < 1.29 is 14.7 Å². The number of benzene rings is 1. The topological polar surface area (TPSA) is 54.4 Å². The average molecular weight is 341 g/mol. The van der Waals surface area contributed by atoms with Gasteiger partial charge in [-0.05, 0) is 23.0 Å². The Morgan fingerprint density at radius 3 is 2.20 bits per heavy atom. The highest BCUT2D eigenvalue weighted by molar-refractivity contribution is 9.10. The zero-order valence-electron chi connectivity index (χ0n) is 12.3. The molecule has 0 saturated carbocycles. The molecule has 0 amide bonds. The van der Waals surface area contributed by atoms with Gasteiger partial charge >= 0.3 is 5.97 Å². The highest BCUT2D eigenvalue weighted by Gasteiger charge is 2.23. The van der Waals surface area contributed by atoms with Crippen LogP contribution in [0.5, 0.6) is 0 Å². The molecule has 1 aromatic carbocycles. The number of rotatable bonds is 6. The molecule has 20 heavy (non-hydrogen) atoms. The molecule has 0 fully saturated rings. The van der Waals surface area contributed by atoms with E-state index in [1.54, 1.807) is 0 Å². The molecule has 0 radical (unpaired) electrons. The average Bonchev–Trinajstić information content (AvgIpc) is 2.36. The van der Waals surface area contributed by atoms with Gasteiger partial charge in [-0.2, -0.15) is 0 Å². The standard InChI is InChI=1S/C16H21BrO3/c1-9(2)11-5-6-12(13(7-11)10(3)4)16(20)14(17)8-15(18)19/h5-7,9-10,14H,8H2,1-4H3,(H,18,19). The van der Waals surface area contributed by atoms with Crippen molar-refractivity contribution in [2.45, 2.75) is 50.8 Å². The van der Waals surface area contributed by atoms with E-state index in [9.17, 15) is 9.59 Å². The zero-order valence-corrected chi connectivity index (χ0v) is 13.9. The molecule has 0 bridgehead atoms. The minimum absolute atomic E-state index is 0.161. The van der Waals surface area contributed by atoms with Crippen LogP contribution in [-0.2, 0) is 4.79 Å². The number of ketones is 1. The molecule has 0 aromatic heterocycles. The third kappa shape index (κ3) is 4.17. The fourth-order valence-corrected chi connectivity index (χ4v) is 2.58.